The van der Waals surface area contributed by atoms with Crippen LogP contribution < -0.4 is 4.74 Å². The number of hydrogen-bond acceptors (Lipinski definition) is 5. The van der Waals surface area contributed by atoms with Crippen LogP contribution in [0.1, 0.15) is 48.9 Å². The Labute approximate surface area is 202 Å². The smallest absolute Gasteiger partial charge is 0.295 e. The molecule has 1 saturated heterocycles. The second kappa shape index (κ2) is 11.2. The van der Waals surface area contributed by atoms with Gasteiger partial charge in [-0.1, -0.05) is 50.8 Å². The first-order chi connectivity index (χ1) is 16.2. The van der Waals surface area contributed by atoms with Gasteiger partial charge in [0.2, 0.25) is 0 Å². The van der Waals surface area contributed by atoms with Gasteiger partial charge in [-0.25, -0.2) is 0 Å². The molecule has 0 unspecified atom stereocenters. The maximum atomic E-state index is 13.1. The molecule has 3 rings (SSSR count). The maximum Gasteiger partial charge on any atom is 0.295 e. The molecule has 2 aromatic rings. The summed E-state index contributed by atoms with van der Waals surface area (Å²) >= 11 is 0. The van der Waals surface area contributed by atoms with Crippen molar-refractivity contribution in [3.05, 3.63) is 83.4 Å². The quantitative estimate of drug-likeness (QED) is 0.239. The van der Waals surface area contributed by atoms with Crippen LogP contribution >= 0.6 is 0 Å². The number of ketones is 1. The number of benzene rings is 2. The number of ether oxygens (including phenoxy) is 1. The molecule has 180 valence electrons. The summed E-state index contributed by atoms with van der Waals surface area (Å²) < 4.78 is 5.51. The highest BCUT2D eigenvalue weighted by atomic mass is 16.5. The van der Waals surface area contributed by atoms with E-state index in [1.165, 1.54) is 5.56 Å². The van der Waals surface area contributed by atoms with E-state index in [1.54, 1.807) is 35.2 Å². The summed E-state index contributed by atoms with van der Waals surface area (Å²) in [6.07, 6.45) is 2.37. The second-order valence-electron chi connectivity index (χ2n) is 9.09. The van der Waals surface area contributed by atoms with Crippen LogP contribution in [-0.2, 0) is 9.59 Å². The zero-order valence-corrected chi connectivity index (χ0v) is 20.5. The van der Waals surface area contributed by atoms with Gasteiger partial charge >= 0.3 is 0 Å². The lowest BCUT2D eigenvalue weighted by molar-refractivity contribution is -0.139. The number of aliphatic hydroxyl groups excluding tert-OH is 1. The minimum atomic E-state index is -0.660. The predicted molar refractivity (Wildman–Crippen MR) is 135 cm³/mol. The largest absolute Gasteiger partial charge is 0.507 e. The normalized spacial score (nSPS) is 17.6. The molecule has 2 aromatic carbocycles. The molecule has 0 bridgehead atoms. The van der Waals surface area contributed by atoms with E-state index in [9.17, 15) is 14.7 Å². The Balaban J connectivity index is 2.03. The summed E-state index contributed by atoms with van der Waals surface area (Å²) in [5.74, 6) is -0.429. The average molecular weight is 463 g/mol. The number of nitrogens with zero attached hydrogens (tertiary/aromatic N) is 2. The summed E-state index contributed by atoms with van der Waals surface area (Å²) in [5, 5.41) is 11.2. The van der Waals surface area contributed by atoms with Gasteiger partial charge in [-0.2, -0.15) is 0 Å². The molecular formula is C28H34N2O4. The van der Waals surface area contributed by atoms with Crippen molar-refractivity contribution in [3.8, 4) is 5.75 Å². The van der Waals surface area contributed by atoms with Crippen molar-refractivity contribution in [2.24, 2.45) is 0 Å². The van der Waals surface area contributed by atoms with Crippen molar-refractivity contribution in [1.29, 1.82) is 0 Å². The molecule has 0 saturated carbocycles. The Kier molecular flexibility index (Phi) is 8.29. The minimum absolute atomic E-state index is 0.118. The molecule has 1 fully saturated rings. The van der Waals surface area contributed by atoms with E-state index in [0.717, 1.165) is 18.5 Å². The number of rotatable bonds is 10. The third-order valence-electron chi connectivity index (χ3n) is 5.96. The molecule has 1 amide bonds. The fraction of sp³-hybridized carbons (Fsp3) is 0.357. The highest BCUT2D eigenvalue weighted by molar-refractivity contribution is 6.46. The summed E-state index contributed by atoms with van der Waals surface area (Å²) in [7, 11) is 3.94. The molecule has 1 atom stereocenters. The highest BCUT2D eigenvalue weighted by Crippen LogP contribution is 2.40. The summed E-state index contributed by atoms with van der Waals surface area (Å²) in [4.78, 5) is 29.8. The number of amides is 1. The molecule has 1 heterocycles. The highest BCUT2D eigenvalue weighted by Gasteiger charge is 2.45. The van der Waals surface area contributed by atoms with E-state index in [2.05, 4.69) is 20.4 Å². The number of carbonyl (C=O) groups excluding carboxylic acids is 2. The molecule has 0 aromatic heterocycles. The molecule has 1 N–H and O–H groups in total. The van der Waals surface area contributed by atoms with Gasteiger partial charge in [0.15, 0.2) is 0 Å². The lowest BCUT2D eigenvalue weighted by Gasteiger charge is -2.26. The lowest BCUT2D eigenvalue weighted by Crippen LogP contribution is -2.32. The van der Waals surface area contributed by atoms with Crippen LogP contribution in [0, 0.1) is 0 Å². The van der Waals surface area contributed by atoms with E-state index in [0.29, 0.717) is 30.4 Å². The van der Waals surface area contributed by atoms with Gasteiger partial charge in [0.1, 0.15) is 18.1 Å². The Morgan fingerprint density at radius 2 is 1.76 bits per heavy atom. The predicted octanol–water partition coefficient (Wildman–Crippen LogP) is 4.75. The van der Waals surface area contributed by atoms with E-state index in [1.807, 2.05) is 43.3 Å². The fourth-order valence-electron chi connectivity index (χ4n) is 4.10. The Morgan fingerprint density at radius 3 is 2.32 bits per heavy atom. The zero-order valence-electron chi connectivity index (χ0n) is 20.5. The average Bonchev–Trinajstić information content (AvgIpc) is 3.07. The maximum absolute atomic E-state index is 13.1. The fourth-order valence-corrected chi connectivity index (χ4v) is 4.10. The Morgan fingerprint density at radius 1 is 1.12 bits per heavy atom. The summed E-state index contributed by atoms with van der Waals surface area (Å²) in [6, 6.07) is 14.1. The van der Waals surface area contributed by atoms with Crippen molar-refractivity contribution < 1.29 is 19.4 Å². The van der Waals surface area contributed by atoms with Crippen molar-refractivity contribution >= 4 is 17.4 Å². The van der Waals surface area contributed by atoms with Gasteiger partial charge in [-0.3, -0.25) is 9.59 Å². The van der Waals surface area contributed by atoms with Crippen LogP contribution in [-0.4, -0.2) is 60.4 Å². The Hall–Kier alpha value is -3.38. The standard InChI is InChI=1S/C28H34N2O4/c1-6-18-34-23-14-12-22(13-15-23)26(31)24-25(21-10-8-20(9-11-21)19(2)3)30(28(33)27(24)32)17-7-16-29(4)5/h6,8-15,19,25,31H,1,7,16-18H2,2-5H3/t25-/m1/s1. The van der Waals surface area contributed by atoms with Crippen LogP contribution in [0.15, 0.2) is 66.8 Å². The third-order valence-corrected chi connectivity index (χ3v) is 5.96. The van der Waals surface area contributed by atoms with E-state index in [-0.39, 0.29) is 11.3 Å². The molecule has 34 heavy (non-hydrogen) atoms. The van der Waals surface area contributed by atoms with Crippen molar-refractivity contribution in [2.75, 3.05) is 33.8 Å². The molecule has 0 spiro atoms. The van der Waals surface area contributed by atoms with Gasteiger partial charge in [0.25, 0.3) is 11.7 Å². The van der Waals surface area contributed by atoms with E-state index < -0.39 is 17.7 Å². The minimum Gasteiger partial charge on any atom is -0.507 e. The van der Waals surface area contributed by atoms with Crippen LogP contribution in [0.4, 0.5) is 0 Å². The molecule has 6 heteroatoms. The first-order valence-corrected chi connectivity index (χ1v) is 11.6. The number of aliphatic hydroxyl groups is 1. The van der Waals surface area contributed by atoms with E-state index in [4.69, 9.17) is 4.74 Å². The number of Topliss-reactive ketones (excluding diaryl/α,β-unsaturated/α-hetero) is 1. The SMILES string of the molecule is C=CCOc1ccc(C(O)=C2C(=O)C(=O)N(CCCN(C)C)[C@@H]2c2ccc(C(C)C)cc2)cc1. The molecule has 0 aliphatic carbocycles. The van der Waals surface area contributed by atoms with Crippen LogP contribution in [0.25, 0.3) is 5.76 Å². The van der Waals surface area contributed by atoms with Gasteiger partial charge in [0, 0.05) is 12.1 Å². The van der Waals surface area contributed by atoms with E-state index >= 15 is 0 Å². The van der Waals surface area contributed by atoms with Gasteiger partial charge in [0.05, 0.1) is 11.6 Å². The monoisotopic (exact) mass is 462 g/mol. The van der Waals surface area contributed by atoms with Crippen molar-refractivity contribution in [2.45, 2.75) is 32.2 Å². The summed E-state index contributed by atoms with van der Waals surface area (Å²) in [5.41, 5.74) is 2.55. The second-order valence-corrected chi connectivity index (χ2v) is 9.09. The van der Waals surface area contributed by atoms with Crippen LogP contribution in [0.2, 0.25) is 0 Å². The molecule has 6 nitrogen and oxygen atoms in total. The van der Waals surface area contributed by atoms with Crippen LogP contribution in [0.5, 0.6) is 5.75 Å². The van der Waals surface area contributed by atoms with Crippen LogP contribution in [0.3, 0.4) is 0 Å². The molecule has 1 aliphatic heterocycles. The molecule has 1 aliphatic rings. The van der Waals surface area contributed by atoms with Gasteiger partial charge < -0.3 is 19.6 Å². The van der Waals surface area contributed by atoms with Gasteiger partial charge in [-0.05, 0) is 68.4 Å². The number of likely N-dealkylation sites (tertiary alicyclic amines) is 1. The van der Waals surface area contributed by atoms with Gasteiger partial charge in [-0.15, -0.1) is 0 Å². The zero-order chi connectivity index (χ0) is 24.8. The number of carbonyl (C=O) groups is 2. The topological polar surface area (TPSA) is 70.1 Å². The Bertz CT molecular complexity index is 1050. The summed E-state index contributed by atoms with van der Waals surface area (Å²) in [6.45, 7) is 9.44. The first-order valence-electron chi connectivity index (χ1n) is 11.6. The third kappa shape index (κ3) is 5.57. The van der Waals surface area contributed by atoms with Crippen molar-refractivity contribution in [3.63, 3.8) is 0 Å². The molecule has 0 radical (unpaired) electrons. The number of hydrogen-bond donors (Lipinski definition) is 1. The molecular weight excluding hydrogens is 428 g/mol. The first kappa shape index (κ1) is 25.2. The lowest BCUT2D eigenvalue weighted by atomic mass is 9.93. The van der Waals surface area contributed by atoms with Crippen molar-refractivity contribution in [1.82, 2.24) is 9.80 Å².